The van der Waals surface area contributed by atoms with E-state index in [1.54, 1.807) is 13.0 Å². The van der Waals surface area contributed by atoms with Crippen LogP contribution in [0.5, 0.6) is 0 Å². The normalized spacial score (nSPS) is 21.6. The zero-order valence-corrected chi connectivity index (χ0v) is 13.6. The molecule has 1 aliphatic heterocycles. The first-order valence-electron chi connectivity index (χ1n) is 7.84. The maximum absolute atomic E-state index is 12.4. The first-order chi connectivity index (χ1) is 10.9. The summed E-state index contributed by atoms with van der Waals surface area (Å²) in [6, 6.07) is 1.68. The van der Waals surface area contributed by atoms with E-state index in [1.165, 1.54) is 6.26 Å². The van der Waals surface area contributed by atoms with E-state index in [0.717, 1.165) is 24.2 Å². The number of aryl methyl sites for hydroxylation is 1. The van der Waals surface area contributed by atoms with Crippen LogP contribution >= 0.6 is 0 Å². The van der Waals surface area contributed by atoms with Crippen molar-refractivity contribution in [1.82, 2.24) is 14.7 Å². The van der Waals surface area contributed by atoms with Crippen LogP contribution in [0.1, 0.15) is 26.0 Å². The van der Waals surface area contributed by atoms with Gasteiger partial charge in [-0.05, 0) is 31.2 Å². The molecule has 1 aliphatic rings. The highest BCUT2D eigenvalue weighted by atomic mass is 16.4. The molecule has 0 aromatic carbocycles. The van der Waals surface area contributed by atoms with Crippen LogP contribution in [0.15, 0.2) is 26.0 Å². The van der Waals surface area contributed by atoms with E-state index < -0.39 is 5.76 Å². The van der Waals surface area contributed by atoms with E-state index >= 15 is 0 Å². The van der Waals surface area contributed by atoms with E-state index in [9.17, 15) is 9.59 Å². The van der Waals surface area contributed by atoms with E-state index in [-0.39, 0.29) is 18.3 Å². The lowest BCUT2D eigenvalue weighted by molar-refractivity contribution is -0.134. The van der Waals surface area contributed by atoms with Crippen molar-refractivity contribution in [3.8, 4) is 11.5 Å². The number of amides is 1. The Labute approximate surface area is 133 Å². The van der Waals surface area contributed by atoms with Gasteiger partial charge < -0.3 is 13.7 Å². The van der Waals surface area contributed by atoms with E-state index in [4.69, 9.17) is 8.83 Å². The second-order valence-corrected chi connectivity index (χ2v) is 6.47. The molecule has 1 saturated heterocycles. The number of furan rings is 1. The summed E-state index contributed by atoms with van der Waals surface area (Å²) >= 11 is 0. The summed E-state index contributed by atoms with van der Waals surface area (Å²) in [5.41, 5.74) is 0.619. The zero-order chi connectivity index (χ0) is 16.6. The van der Waals surface area contributed by atoms with E-state index in [2.05, 4.69) is 18.9 Å². The van der Waals surface area contributed by atoms with Gasteiger partial charge >= 0.3 is 5.76 Å². The van der Waals surface area contributed by atoms with Crippen LogP contribution in [-0.4, -0.2) is 33.7 Å². The Bertz CT molecular complexity index is 747. The Hall–Kier alpha value is -2.31. The predicted molar refractivity (Wildman–Crippen MR) is 82.7 cm³/mol. The van der Waals surface area contributed by atoms with Gasteiger partial charge in [-0.15, -0.1) is 5.10 Å². The average molecular weight is 319 g/mol. The van der Waals surface area contributed by atoms with Crippen molar-refractivity contribution in [2.24, 2.45) is 11.8 Å². The molecule has 1 fully saturated rings. The summed E-state index contributed by atoms with van der Waals surface area (Å²) in [5, 5.41) is 4.12. The standard InChI is InChI=1S/C16H21N3O4/c1-10-6-11(2)8-18(7-10)14(20)9-19-16(21)23-15(17-19)13-4-5-22-12(13)3/h4-5,10-11H,6-9H2,1-3H3/t10-,11+. The van der Waals surface area contributed by atoms with Crippen LogP contribution in [0.25, 0.3) is 11.5 Å². The van der Waals surface area contributed by atoms with Crippen molar-refractivity contribution in [3.05, 3.63) is 28.6 Å². The van der Waals surface area contributed by atoms with Crippen LogP contribution in [0.4, 0.5) is 0 Å². The number of carbonyl (C=O) groups is 1. The summed E-state index contributed by atoms with van der Waals surface area (Å²) in [4.78, 5) is 26.2. The van der Waals surface area contributed by atoms with Gasteiger partial charge in [0, 0.05) is 13.1 Å². The van der Waals surface area contributed by atoms with Crippen molar-refractivity contribution < 1.29 is 13.6 Å². The molecule has 0 spiro atoms. The first-order valence-corrected chi connectivity index (χ1v) is 7.84. The quantitative estimate of drug-likeness (QED) is 0.863. The molecule has 0 bridgehead atoms. The van der Waals surface area contributed by atoms with Crippen LogP contribution in [-0.2, 0) is 11.3 Å². The van der Waals surface area contributed by atoms with Gasteiger partial charge in [0.15, 0.2) is 0 Å². The minimum Gasteiger partial charge on any atom is -0.469 e. The average Bonchev–Trinajstić information content (AvgIpc) is 3.04. The van der Waals surface area contributed by atoms with Crippen molar-refractivity contribution >= 4 is 5.91 Å². The Kier molecular flexibility index (Phi) is 4.11. The van der Waals surface area contributed by atoms with E-state index in [1.807, 2.05) is 4.90 Å². The molecule has 0 unspecified atom stereocenters. The summed E-state index contributed by atoms with van der Waals surface area (Å²) in [5.74, 6) is 1.00. The fourth-order valence-corrected chi connectivity index (χ4v) is 3.22. The van der Waals surface area contributed by atoms with Gasteiger partial charge in [0.05, 0.1) is 11.8 Å². The lowest BCUT2D eigenvalue weighted by Gasteiger charge is -2.34. The highest BCUT2D eigenvalue weighted by Crippen LogP contribution is 2.22. The Morgan fingerprint density at radius 3 is 2.65 bits per heavy atom. The molecule has 7 nitrogen and oxygen atoms in total. The molecule has 2 aromatic rings. The van der Waals surface area contributed by atoms with Crippen molar-refractivity contribution in [2.75, 3.05) is 13.1 Å². The largest absolute Gasteiger partial charge is 0.469 e. The Balaban J connectivity index is 1.76. The zero-order valence-electron chi connectivity index (χ0n) is 13.6. The van der Waals surface area contributed by atoms with Crippen molar-refractivity contribution in [3.63, 3.8) is 0 Å². The number of carbonyl (C=O) groups excluding carboxylic acids is 1. The molecule has 3 rings (SSSR count). The maximum Gasteiger partial charge on any atom is 0.437 e. The molecule has 0 aliphatic carbocycles. The number of aromatic nitrogens is 2. The number of likely N-dealkylation sites (tertiary alicyclic amines) is 1. The molecule has 2 aromatic heterocycles. The lowest BCUT2D eigenvalue weighted by Crippen LogP contribution is -2.44. The number of nitrogens with zero attached hydrogens (tertiary/aromatic N) is 3. The molecule has 0 saturated carbocycles. The number of rotatable bonds is 3. The predicted octanol–water partition coefficient (Wildman–Crippen LogP) is 1.91. The van der Waals surface area contributed by atoms with Crippen molar-refractivity contribution in [2.45, 2.75) is 33.7 Å². The second kappa shape index (κ2) is 6.06. The maximum atomic E-state index is 12.4. The molecule has 124 valence electrons. The minimum atomic E-state index is -0.632. The third-order valence-corrected chi connectivity index (χ3v) is 4.20. The van der Waals surface area contributed by atoms with Crippen LogP contribution in [0.3, 0.4) is 0 Å². The minimum absolute atomic E-state index is 0.0985. The first kappa shape index (κ1) is 15.6. The third-order valence-electron chi connectivity index (χ3n) is 4.20. The summed E-state index contributed by atoms with van der Waals surface area (Å²) in [6.07, 6.45) is 2.63. The fourth-order valence-electron chi connectivity index (χ4n) is 3.22. The number of piperidine rings is 1. The SMILES string of the molecule is Cc1occc1-c1nn(CC(=O)N2C[C@H](C)C[C@H](C)C2)c(=O)o1. The summed E-state index contributed by atoms with van der Waals surface area (Å²) < 4.78 is 11.4. The summed E-state index contributed by atoms with van der Waals surface area (Å²) in [6.45, 7) is 7.39. The van der Waals surface area contributed by atoms with Gasteiger partial charge in [-0.3, -0.25) is 4.79 Å². The van der Waals surface area contributed by atoms with Gasteiger partial charge in [-0.1, -0.05) is 13.8 Å². The molecule has 2 atom stereocenters. The van der Waals surface area contributed by atoms with Crippen LogP contribution < -0.4 is 5.76 Å². The fraction of sp³-hybridized carbons (Fsp3) is 0.562. The molecule has 3 heterocycles. The number of hydrogen-bond donors (Lipinski definition) is 0. The monoisotopic (exact) mass is 319 g/mol. The van der Waals surface area contributed by atoms with Gasteiger partial charge in [-0.2, -0.15) is 4.68 Å². The Morgan fingerprint density at radius 2 is 2.04 bits per heavy atom. The Morgan fingerprint density at radius 1 is 1.35 bits per heavy atom. The highest BCUT2D eigenvalue weighted by molar-refractivity contribution is 5.76. The molecule has 0 radical (unpaired) electrons. The smallest absolute Gasteiger partial charge is 0.437 e. The topological polar surface area (TPSA) is 81.5 Å². The summed E-state index contributed by atoms with van der Waals surface area (Å²) in [7, 11) is 0. The van der Waals surface area contributed by atoms with Crippen LogP contribution in [0.2, 0.25) is 0 Å². The van der Waals surface area contributed by atoms with Crippen LogP contribution in [0, 0.1) is 18.8 Å². The molecule has 1 amide bonds. The molecular weight excluding hydrogens is 298 g/mol. The second-order valence-electron chi connectivity index (χ2n) is 6.47. The molecule has 23 heavy (non-hydrogen) atoms. The van der Waals surface area contributed by atoms with Crippen molar-refractivity contribution in [1.29, 1.82) is 0 Å². The molecular formula is C16H21N3O4. The third kappa shape index (κ3) is 3.23. The number of hydrogen-bond acceptors (Lipinski definition) is 5. The van der Waals surface area contributed by atoms with Gasteiger partial charge in [0.1, 0.15) is 12.3 Å². The van der Waals surface area contributed by atoms with Gasteiger partial charge in [0.2, 0.25) is 5.91 Å². The molecule has 7 heteroatoms. The molecule has 0 N–H and O–H groups in total. The van der Waals surface area contributed by atoms with Gasteiger partial charge in [0.25, 0.3) is 5.89 Å². The van der Waals surface area contributed by atoms with E-state index in [0.29, 0.717) is 23.2 Å². The lowest BCUT2D eigenvalue weighted by atomic mass is 9.92. The van der Waals surface area contributed by atoms with Gasteiger partial charge in [-0.25, -0.2) is 4.79 Å². The highest BCUT2D eigenvalue weighted by Gasteiger charge is 2.26.